The lowest BCUT2D eigenvalue weighted by molar-refractivity contribution is -0.119. The number of nitrogens with zero attached hydrogens (tertiary/aromatic N) is 2. The van der Waals surface area contributed by atoms with Crippen LogP contribution in [-0.4, -0.2) is 49.1 Å². The molecule has 0 aliphatic carbocycles. The van der Waals surface area contributed by atoms with E-state index in [2.05, 4.69) is 10.5 Å². The molecular weight excluding hydrogens is 631 g/mol. The molecule has 15 heteroatoms. The van der Waals surface area contributed by atoms with Gasteiger partial charge < -0.3 is 14.6 Å². The van der Waals surface area contributed by atoms with Gasteiger partial charge in [-0.3, -0.25) is 23.7 Å². The summed E-state index contributed by atoms with van der Waals surface area (Å²) in [5, 5.41) is 6.78. The van der Waals surface area contributed by atoms with Gasteiger partial charge in [-0.05, 0) is 48.9 Å². The number of carbonyl (C=O) groups excluding carboxylic acids is 3. The van der Waals surface area contributed by atoms with E-state index in [0.717, 1.165) is 23.0 Å². The topological polar surface area (TPSA) is 167 Å². The molecule has 2 N–H and O–H groups in total. The molecule has 236 valence electrons. The number of methoxy groups -OCH3 is 1. The van der Waals surface area contributed by atoms with Crippen LogP contribution in [0.1, 0.15) is 51.6 Å². The third-order valence-corrected chi connectivity index (χ3v) is 7.43. The number of hydrogen-bond donors (Lipinski definition) is 2. The summed E-state index contributed by atoms with van der Waals surface area (Å²) in [6.45, 7) is 3.36. The van der Waals surface area contributed by atoms with Gasteiger partial charge in [-0.15, -0.1) is 0 Å². The minimum Gasteiger partial charge on any atom is -0.495 e. The van der Waals surface area contributed by atoms with Gasteiger partial charge in [-0.2, -0.15) is 0 Å². The van der Waals surface area contributed by atoms with E-state index in [0.29, 0.717) is 27.6 Å². The van der Waals surface area contributed by atoms with E-state index in [1.165, 1.54) is 25.4 Å². The summed E-state index contributed by atoms with van der Waals surface area (Å²) < 4.78 is 51.0. The molecule has 0 bridgehead atoms. The minimum absolute atomic E-state index is 0.0759. The van der Waals surface area contributed by atoms with Crippen molar-refractivity contribution in [2.45, 2.75) is 32.7 Å². The van der Waals surface area contributed by atoms with Gasteiger partial charge in [0, 0.05) is 46.8 Å². The van der Waals surface area contributed by atoms with Crippen molar-refractivity contribution in [1.82, 2.24) is 14.4 Å². The lowest BCUT2D eigenvalue weighted by Gasteiger charge is -2.21. The monoisotopic (exact) mass is 658 g/mol. The van der Waals surface area contributed by atoms with Crippen molar-refractivity contribution in [1.29, 1.82) is 0 Å². The second kappa shape index (κ2) is 13.4. The van der Waals surface area contributed by atoms with Crippen molar-refractivity contribution in [2.75, 3.05) is 18.7 Å². The third kappa shape index (κ3) is 7.83. The Morgan fingerprint density at radius 3 is 2.40 bits per heavy atom. The fourth-order valence-electron chi connectivity index (χ4n) is 4.57. The molecule has 0 saturated carbocycles. The van der Waals surface area contributed by atoms with E-state index in [1.807, 2.05) is 0 Å². The molecule has 0 spiro atoms. The second-order valence-electron chi connectivity index (χ2n) is 10.0. The standard InChI is InChI=1S/C30H28ClFN4O8S/c1-5-26(37)20-8-6-17(31)11-22(20)23-14-28(38)36(15-27(23)43-3)25(13-19-10-16(2)44-34-19)30(40)33-18-7-9-21(24(32)12-18)29(39)35-45(4,41)42/h6-12,14-15,25H,5,13H2,1-4H3,(H,33,40)(H,35,39)/t25-/m0/s1. The maximum atomic E-state index is 14.8. The van der Waals surface area contributed by atoms with Crippen LogP contribution in [0.2, 0.25) is 5.02 Å². The van der Waals surface area contributed by atoms with Crippen molar-refractivity contribution in [3.8, 4) is 16.9 Å². The van der Waals surface area contributed by atoms with Gasteiger partial charge in [-0.25, -0.2) is 17.5 Å². The molecule has 0 fully saturated rings. The van der Waals surface area contributed by atoms with Crippen LogP contribution >= 0.6 is 11.6 Å². The molecule has 0 radical (unpaired) electrons. The Kier molecular flexibility index (Phi) is 9.88. The van der Waals surface area contributed by atoms with E-state index >= 15 is 0 Å². The number of ether oxygens (including phenoxy) is 1. The summed E-state index contributed by atoms with van der Waals surface area (Å²) in [4.78, 5) is 52.1. The molecule has 45 heavy (non-hydrogen) atoms. The van der Waals surface area contributed by atoms with Gasteiger partial charge in [-0.1, -0.05) is 23.7 Å². The Morgan fingerprint density at radius 1 is 1.09 bits per heavy atom. The van der Waals surface area contributed by atoms with Crippen LogP contribution in [0.4, 0.5) is 10.1 Å². The third-order valence-electron chi connectivity index (χ3n) is 6.63. The van der Waals surface area contributed by atoms with Crippen molar-refractivity contribution < 1.29 is 36.5 Å². The molecule has 2 aromatic heterocycles. The predicted molar refractivity (Wildman–Crippen MR) is 164 cm³/mol. The number of rotatable bonds is 11. The van der Waals surface area contributed by atoms with Gasteiger partial charge in [0.15, 0.2) is 5.78 Å². The molecule has 4 aromatic rings. The van der Waals surface area contributed by atoms with Crippen LogP contribution in [0.15, 0.2) is 64.0 Å². The Balaban J connectivity index is 1.76. The zero-order chi connectivity index (χ0) is 33.1. The average molecular weight is 659 g/mol. The summed E-state index contributed by atoms with van der Waals surface area (Å²) >= 11 is 6.23. The number of hydrogen-bond acceptors (Lipinski definition) is 9. The predicted octanol–water partition coefficient (Wildman–Crippen LogP) is 4.32. The largest absolute Gasteiger partial charge is 0.495 e. The maximum Gasteiger partial charge on any atom is 0.267 e. The summed E-state index contributed by atoms with van der Waals surface area (Å²) in [7, 11) is -2.58. The Morgan fingerprint density at radius 2 is 1.80 bits per heavy atom. The van der Waals surface area contributed by atoms with E-state index in [-0.39, 0.29) is 35.6 Å². The van der Waals surface area contributed by atoms with Crippen LogP contribution < -0.4 is 20.3 Å². The molecule has 1 atom stereocenters. The molecule has 0 unspecified atom stereocenters. The number of aromatic nitrogens is 2. The number of carbonyl (C=O) groups is 3. The highest BCUT2D eigenvalue weighted by Gasteiger charge is 2.27. The lowest BCUT2D eigenvalue weighted by atomic mass is 9.96. The maximum absolute atomic E-state index is 14.8. The van der Waals surface area contributed by atoms with Gasteiger partial charge in [0.1, 0.15) is 23.4 Å². The molecule has 0 aliphatic rings. The number of ketones is 1. The molecule has 2 aromatic carbocycles. The van der Waals surface area contributed by atoms with E-state index in [4.69, 9.17) is 20.9 Å². The number of sulfonamides is 1. The van der Waals surface area contributed by atoms with E-state index in [9.17, 15) is 32.0 Å². The number of amides is 2. The first kappa shape index (κ1) is 33.1. The quantitative estimate of drug-likeness (QED) is 0.223. The van der Waals surface area contributed by atoms with Crippen LogP contribution in [-0.2, 0) is 21.2 Å². The van der Waals surface area contributed by atoms with Gasteiger partial charge in [0.25, 0.3) is 11.5 Å². The molecular formula is C30H28ClFN4O8S. The molecule has 0 aliphatic heterocycles. The van der Waals surface area contributed by atoms with Crippen LogP contribution in [0.5, 0.6) is 5.75 Å². The number of nitrogens with one attached hydrogen (secondary N) is 2. The van der Waals surface area contributed by atoms with Crippen molar-refractivity contribution >= 4 is 44.9 Å². The first-order valence-corrected chi connectivity index (χ1v) is 15.7. The number of Topliss-reactive ketones (excluding diaryl/α,β-unsaturated/α-hetero) is 1. The van der Waals surface area contributed by atoms with Crippen molar-refractivity contribution in [3.05, 3.63) is 98.5 Å². The van der Waals surface area contributed by atoms with Crippen molar-refractivity contribution in [2.24, 2.45) is 0 Å². The summed E-state index contributed by atoms with van der Waals surface area (Å²) in [5.41, 5.74) is 0.0470. The highest BCUT2D eigenvalue weighted by Crippen LogP contribution is 2.34. The first-order valence-electron chi connectivity index (χ1n) is 13.4. The molecule has 12 nitrogen and oxygen atoms in total. The Hall–Kier alpha value is -4.82. The smallest absolute Gasteiger partial charge is 0.267 e. The van der Waals surface area contributed by atoms with Crippen LogP contribution in [0.3, 0.4) is 0 Å². The zero-order valence-electron chi connectivity index (χ0n) is 24.5. The average Bonchev–Trinajstić information content (AvgIpc) is 3.39. The summed E-state index contributed by atoms with van der Waals surface area (Å²) in [6.07, 6.45) is 2.14. The van der Waals surface area contributed by atoms with Crippen LogP contribution in [0.25, 0.3) is 11.1 Å². The highest BCUT2D eigenvalue weighted by molar-refractivity contribution is 7.89. The van der Waals surface area contributed by atoms with E-state index < -0.39 is 44.8 Å². The Bertz CT molecular complexity index is 1970. The lowest BCUT2D eigenvalue weighted by Crippen LogP contribution is -2.34. The van der Waals surface area contributed by atoms with Gasteiger partial charge >= 0.3 is 0 Å². The first-order chi connectivity index (χ1) is 21.2. The van der Waals surface area contributed by atoms with Gasteiger partial charge in [0.2, 0.25) is 15.9 Å². The number of pyridine rings is 1. The van der Waals surface area contributed by atoms with Crippen molar-refractivity contribution in [3.63, 3.8) is 0 Å². The minimum atomic E-state index is -3.94. The summed E-state index contributed by atoms with van der Waals surface area (Å²) in [5.74, 6) is -2.61. The SMILES string of the molecule is CCC(=O)c1ccc(Cl)cc1-c1cc(=O)n([C@@H](Cc2cc(C)on2)C(=O)Nc2ccc(C(=O)NS(C)(=O)=O)c(F)c2)cc1OC. The Labute approximate surface area is 262 Å². The number of aryl methyl sites for hydroxylation is 1. The normalized spacial score (nSPS) is 12.0. The second-order valence-corrected chi connectivity index (χ2v) is 12.2. The van der Waals surface area contributed by atoms with Gasteiger partial charge in [0.05, 0.1) is 30.8 Å². The zero-order valence-corrected chi connectivity index (χ0v) is 26.1. The highest BCUT2D eigenvalue weighted by atomic mass is 35.5. The molecule has 0 saturated heterocycles. The fourth-order valence-corrected chi connectivity index (χ4v) is 5.19. The van der Waals surface area contributed by atoms with Crippen LogP contribution in [0, 0.1) is 12.7 Å². The molecule has 2 heterocycles. The number of benzene rings is 2. The fraction of sp³-hybridized carbons (Fsp3) is 0.233. The van der Waals surface area contributed by atoms with E-state index in [1.54, 1.807) is 42.8 Å². The molecule has 2 amide bonds. The number of halogens is 2. The summed E-state index contributed by atoms with van der Waals surface area (Å²) in [6, 6.07) is 9.26. The molecule has 4 rings (SSSR count). The number of anilines is 1.